The molecule has 1 atom stereocenters. The van der Waals surface area contributed by atoms with Gasteiger partial charge in [0, 0.05) is 10.9 Å². The van der Waals surface area contributed by atoms with Gasteiger partial charge in [-0.25, -0.2) is 0 Å². The van der Waals surface area contributed by atoms with Gasteiger partial charge in [-0.15, -0.1) is 11.8 Å². The third-order valence-electron chi connectivity index (χ3n) is 3.28. The van der Waals surface area contributed by atoms with Gasteiger partial charge in [0.05, 0.1) is 6.07 Å². The zero-order chi connectivity index (χ0) is 15.0. The Kier molecular flexibility index (Phi) is 7.12. The first-order chi connectivity index (χ1) is 9.47. The molecule has 3 heteroatoms. The minimum Gasteiger partial charge on any atom is -0.297 e. The van der Waals surface area contributed by atoms with Gasteiger partial charge >= 0.3 is 0 Å². The van der Waals surface area contributed by atoms with Gasteiger partial charge in [0.1, 0.15) is 5.54 Å². The minimum absolute atomic E-state index is 0.348. The van der Waals surface area contributed by atoms with Crippen LogP contribution in [0.25, 0.3) is 0 Å². The van der Waals surface area contributed by atoms with Crippen molar-refractivity contribution in [2.45, 2.75) is 63.4 Å². The number of hydrogen-bond donors (Lipinski definition) is 1. The lowest BCUT2D eigenvalue weighted by Gasteiger charge is -2.25. The van der Waals surface area contributed by atoms with Gasteiger partial charge in [-0.1, -0.05) is 18.2 Å². The summed E-state index contributed by atoms with van der Waals surface area (Å²) in [7, 11) is 0. The Balaban J connectivity index is 2.28. The molecule has 0 spiro atoms. The van der Waals surface area contributed by atoms with Crippen LogP contribution < -0.4 is 5.32 Å². The van der Waals surface area contributed by atoms with E-state index in [0.717, 1.165) is 25.0 Å². The van der Waals surface area contributed by atoms with Crippen LogP contribution >= 0.6 is 11.8 Å². The number of aryl methyl sites for hydroxylation is 1. The number of nitrogens with one attached hydrogen (secondary N) is 1. The maximum atomic E-state index is 9.29. The van der Waals surface area contributed by atoms with Gasteiger partial charge in [-0.2, -0.15) is 5.26 Å². The van der Waals surface area contributed by atoms with E-state index < -0.39 is 0 Å². The number of thioether (sulfide) groups is 1. The number of nitriles is 1. The number of hydrogen-bond acceptors (Lipinski definition) is 3. The molecule has 0 bridgehead atoms. The molecule has 110 valence electrons. The molecule has 1 aromatic carbocycles. The van der Waals surface area contributed by atoms with E-state index in [0.29, 0.717) is 6.04 Å². The van der Waals surface area contributed by atoms with E-state index in [1.54, 1.807) is 0 Å². The van der Waals surface area contributed by atoms with Crippen LogP contribution in [0.5, 0.6) is 0 Å². The lowest BCUT2D eigenvalue weighted by atomic mass is 9.96. The third-order valence-corrected chi connectivity index (χ3v) is 4.54. The summed E-state index contributed by atoms with van der Waals surface area (Å²) in [5.74, 6) is 1.12. The first-order valence-corrected chi connectivity index (χ1v) is 8.33. The normalized spacial score (nSPS) is 14.0. The van der Waals surface area contributed by atoms with E-state index in [1.165, 1.54) is 10.5 Å². The highest BCUT2D eigenvalue weighted by Gasteiger charge is 2.23. The van der Waals surface area contributed by atoms with Crippen molar-refractivity contribution in [1.29, 1.82) is 5.26 Å². The largest absolute Gasteiger partial charge is 0.297 e. The Hall–Kier alpha value is -0.980. The molecule has 20 heavy (non-hydrogen) atoms. The molecule has 1 N–H and O–H groups in total. The lowest BCUT2D eigenvalue weighted by molar-refractivity contribution is 0.372. The zero-order valence-corrected chi connectivity index (χ0v) is 13.9. The summed E-state index contributed by atoms with van der Waals surface area (Å²) in [6, 6.07) is 11.3. The van der Waals surface area contributed by atoms with Gasteiger partial charge in [-0.3, -0.25) is 5.32 Å². The number of unbranched alkanes of at least 4 members (excludes halogenated alkanes) is 1. The molecule has 0 aromatic heterocycles. The molecule has 2 nitrogen and oxygen atoms in total. The fourth-order valence-corrected chi connectivity index (χ4v) is 3.32. The molecule has 0 fully saturated rings. The van der Waals surface area contributed by atoms with Crippen LogP contribution in [-0.2, 0) is 0 Å². The SMILES string of the molecule is Cc1ccccc1SCCCCC(C)(C#N)NC(C)C. The van der Waals surface area contributed by atoms with Crippen LogP contribution in [0.2, 0.25) is 0 Å². The van der Waals surface area contributed by atoms with Gasteiger partial charge in [0.2, 0.25) is 0 Å². The zero-order valence-electron chi connectivity index (χ0n) is 13.1. The standard InChI is InChI=1S/C17H26N2S/c1-14(2)19-17(4,13-18)11-7-8-12-20-16-10-6-5-9-15(16)3/h5-6,9-10,14,19H,7-8,11-12H2,1-4H3. The van der Waals surface area contributed by atoms with E-state index in [9.17, 15) is 5.26 Å². The second-order valence-corrected chi connectivity index (χ2v) is 6.95. The fourth-order valence-electron chi connectivity index (χ4n) is 2.28. The fraction of sp³-hybridized carbons (Fsp3) is 0.588. The van der Waals surface area contributed by atoms with Crippen molar-refractivity contribution < 1.29 is 0 Å². The molecule has 0 aliphatic heterocycles. The minimum atomic E-state index is -0.387. The summed E-state index contributed by atoms with van der Waals surface area (Å²) in [5, 5.41) is 12.6. The molecular weight excluding hydrogens is 264 g/mol. The smallest absolute Gasteiger partial charge is 0.104 e. The number of benzene rings is 1. The van der Waals surface area contributed by atoms with Crippen LogP contribution in [0.1, 0.15) is 45.6 Å². The average molecular weight is 290 g/mol. The van der Waals surface area contributed by atoms with E-state index in [-0.39, 0.29) is 5.54 Å². The Morgan fingerprint density at radius 3 is 2.60 bits per heavy atom. The van der Waals surface area contributed by atoms with E-state index in [2.05, 4.69) is 56.4 Å². The highest BCUT2D eigenvalue weighted by molar-refractivity contribution is 7.99. The third kappa shape index (κ3) is 5.98. The maximum Gasteiger partial charge on any atom is 0.104 e. The predicted molar refractivity (Wildman–Crippen MR) is 88.0 cm³/mol. The van der Waals surface area contributed by atoms with Crippen LogP contribution in [0.15, 0.2) is 29.2 Å². The maximum absolute atomic E-state index is 9.29. The van der Waals surface area contributed by atoms with Crippen molar-refractivity contribution in [2.75, 3.05) is 5.75 Å². The lowest BCUT2D eigenvalue weighted by Crippen LogP contribution is -2.44. The average Bonchev–Trinajstić information content (AvgIpc) is 2.39. The van der Waals surface area contributed by atoms with Crippen LogP contribution in [-0.4, -0.2) is 17.3 Å². The molecule has 1 unspecified atom stereocenters. The van der Waals surface area contributed by atoms with Crippen molar-refractivity contribution in [1.82, 2.24) is 5.32 Å². The molecule has 1 rings (SSSR count). The highest BCUT2D eigenvalue weighted by Crippen LogP contribution is 2.24. The van der Waals surface area contributed by atoms with Crippen LogP contribution in [0.3, 0.4) is 0 Å². The monoisotopic (exact) mass is 290 g/mol. The second-order valence-electron chi connectivity index (χ2n) is 5.81. The Morgan fingerprint density at radius 2 is 2.00 bits per heavy atom. The molecule has 0 saturated carbocycles. The summed E-state index contributed by atoms with van der Waals surface area (Å²) in [5.41, 5.74) is 0.961. The van der Waals surface area contributed by atoms with Gasteiger partial charge in [0.25, 0.3) is 0 Å². The second kappa shape index (κ2) is 8.34. The predicted octanol–water partition coefficient (Wildman–Crippen LogP) is 4.54. The number of rotatable bonds is 8. The summed E-state index contributed by atoms with van der Waals surface area (Å²) >= 11 is 1.92. The van der Waals surface area contributed by atoms with Crippen molar-refractivity contribution in [2.24, 2.45) is 0 Å². The quantitative estimate of drug-likeness (QED) is 0.564. The Morgan fingerprint density at radius 1 is 1.30 bits per heavy atom. The molecular formula is C17H26N2S. The van der Waals surface area contributed by atoms with Gasteiger partial charge in [0.15, 0.2) is 0 Å². The highest BCUT2D eigenvalue weighted by atomic mass is 32.2. The first-order valence-electron chi connectivity index (χ1n) is 7.34. The Bertz CT molecular complexity index is 451. The van der Waals surface area contributed by atoms with Crippen molar-refractivity contribution in [3.05, 3.63) is 29.8 Å². The van der Waals surface area contributed by atoms with Crippen molar-refractivity contribution >= 4 is 11.8 Å². The van der Waals surface area contributed by atoms with Gasteiger partial charge < -0.3 is 0 Å². The number of nitrogens with zero attached hydrogens (tertiary/aromatic N) is 1. The first kappa shape index (κ1) is 17.1. The van der Waals surface area contributed by atoms with E-state index >= 15 is 0 Å². The van der Waals surface area contributed by atoms with Gasteiger partial charge in [-0.05, 0) is 64.3 Å². The van der Waals surface area contributed by atoms with Crippen molar-refractivity contribution in [3.63, 3.8) is 0 Å². The molecule has 1 aromatic rings. The van der Waals surface area contributed by atoms with E-state index in [4.69, 9.17) is 0 Å². The Labute approximate surface area is 128 Å². The van der Waals surface area contributed by atoms with E-state index in [1.807, 2.05) is 18.7 Å². The summed E-state index contributed by atoms with van der Waals surface area (Å²) in [6.07, 6.45) is 3.15. The topological polar surface area (TPSA) is 35.8 Å². The molecule has 0 amide bonds. The van der Waals surface area contributed by atoms with Crippen molar-refractivity contribution in [3.8, 4) is 6.07 Å². The molecule has 0 saturated heterocycles. The van der Waals surface area contributed by atoms with Crippen LogP contribution in [0, 0.1) is 18.3 Å². The van der Waals surface area contributed by atoms with Crippen LogP contribution in [0.4, 0.5) is 0 Å². The molecule has 0 radical (unpaired) electrons. The summed E-state index contributed by atoms with van der Waals surface area (Å²) in [4.78, 5) is 1.37. The summed E-state index contributed by atoms with van der Waals surface area (Å²) in [6.45, 7) is 8.33. The molecule has 0 aliphatic rings. The molecule has 0 aliphatic carbocycles. The summed E-state index contributed by atoms with van der Waals surface area (Å²) < 4.78 is 0. The molecule has 0 heterocycles.